The number of aryl methyl sites for hydroxylation is 1. The Morgan fingerprint density at radius 1 is 1.20 bits per heavy atom. The highest BCUT2D eigenvalue weighted by atomic mass is 35.5. The first-order valence-electron chi connectivity index (χ1n) is 5.73. The minimum Gasteiger partial charge on any atom is -0.457 e. The van der Waals surface area contributed by atoms with Crippen molar-refractivity contribution in [2.45, 2.75) is 6.92 Å². The number of nitrogens with zero attached hydrogens (tertiary/aromatic N) is 1. The lowest BCUT2D eigenvalue weighted by molar-refractivity contribution is 0.318. The van der Waals surface area contributed by atoms with E-state index in [4.69, 9.17) is 38.9 Å². The number of benzene rings is 2. The van der Waals surface area contributed by atoms with Gasteiger partial charge in [0, 0.05) is 5.02 Å². The Balaban J connectivity index is 2.43. The largest absolute Gasteiger partial charge is 0.457 e. The number of amidine groups is 1. The summed E-state index contributed by atoms with van der Waals surface area (Å²) < 4.78 is 5.73. The van der Waals surface area contributed by atoms with Crippen LogP contribution in [-0.4, -0.2) is 11.0 Å². The van der Waals surface area contributed by atoms with Crippen molar-refractivity contribution in [2.75, 3.05) is 0 Å². The lowest BCUT2D eigenvalue weighted by Crippen LogP contribution is -2.14. The van der Waals surface area contributed by atoms with Gasteiger partial charge in [-0.3, -0.25) is 0 Å². The Morgan fingerprint density at radius 3 is 2.60 bits per heavy atom. The standard InChI is InChI=1S/C14H12Cl2N2O2/c1-8-7-9(5-6-10(8)15)20-12-4-2-3-11(16)13(12)14(17)18-19/h2-7,19H,1H3,(H2,17,18). The summed E-state index contributed by atoms with van der Waals surface area (Å²) in [4.78, 5) is 0. The molecule has 0 aliphatic carbocycles. The van der Waals surface area contributed by atoms with E-state index in [-0.39, 0.29) is 5.84 Å². The molecule has 2 aromatic carbocycles. The van der Waals surface area contributed by atoms with Gasteiger partial charge in [0.15, 0.2) is 5.84 Å². The van der Waals surface area contributed by atoms with E-state index in [1.807, 2.05) is 6.92 Å². The summed E-state index contributed by atoms with van der Waals surface area (Å²) in [5.74, 6) is 0.868. The Kier molecular flexibility index (Phi) is 4.37. The third-order valence-electron chi connectivity index (χ3n) is 2.70. The van der Waals surface area contributed by atoms with E-state index in [2.05, 4.69) is 5.16 Å². The van der Waals surface area contributed by atoms with Gasteiger partial charge >= 0.3 is 0 Å². The van der Waals surface area contributed by atoms with E-state index in [0.717, 1.165) is 5.56 Å². The second-order valence-electron chi connectivity index (χ2n) is 4.11. The van der Waals surface area contributed by atoms with Gasteiger partial charge in [-0.1, -0.05) is 34.4 Å². The number of halogens is 2. The molecule has 0 unspecified atom stereocenters. The average molecular weight is 311 g/mol. The Hall–Kier alpha value is -1.91. The summed E-state index contributed by atoms with van der Waals surface area (Å²) in [6.07, 6.45) is 0. The molecule has 4 nitrogen and oxygen atoms in total. The van der Waals surface area contributed by atoms with Crippen LogP contribution in [0, 0.1) is 6.92 Å². The minimum atomic E-state index is -0.115. The maximum atomic E-state index is 8.82. The third-order valence-corrected chi connectivity index (χ3v) is 3.44. The number of nitrogens with two attached hydrogens (primary N) is 1. The first-order valence-corrected chi connectivity index (χ1v) is 6.49. The van der Waals surface area contributed by atoms with Crippen molar-refractivity contribution in [3.8, 4) is 11.5 Å². The van der Waals surface area contributed by atoms with Crippen molar-refractivity contribution in [1.82, 2.24) is 0 Å². The van der Waals surface area contributed by atoms with E-state index >= 15 is 0 Å². The molecule has 20 heavy (non-hydrogen) atoms. The van der Waals surface area contributed by atoms with Crippen molar-refractivity contribution in [3.63, 3.8) is 0 Å². The molecule has 0 amide bonds. The predicted molar refractivity (Wildman–Crippen MR) is 80.2 cm³/mol. The Labute approximate surface area is 126 Å². The molecule has 0 aliphatic rings. The summed E-state index contributed by atoms with van der Waals surface area (Å²) >= 11 is 12.0. The second kappa shape index (κ2) is 6.03. The van der Waals surface area contributed by atoms with Crippen LogP contribution in [0.1, 0.15) is 11.1 Å². The summed E-state index contributed by atoms with van der Waals surface area (Å²) in [7, 11) is 0. The zero-order chi connectivity index (χ0) is 14.7. The molecular formula is C14H12Cl2N2O2. The van der Waals surface area contributed by atoms with Crippen LogP contribution < -0.4 is 10.5 Å². The van der Waals surface area contributed by atoms with Crippen LogP contribution in [0.4, 0.5) is 0 Å². The second-order valence-corrected chi connectivity index (χ2v) is 4.93. The van der Waals surface area contributed by atoms with Crippen molar-refractivity contribution in [2.24, 2.45) is 10.9 Å². The van der Waals surface area contributed by atoms with Gasteiger partial charge in [0.05, 0.1) is 10.6 Å². The first kappa shape index (κ1) is 14.5. The molecule has 0 atom stereocenters. The number of rotatable bonds is 3. The van der Waals surface area contributed by atoms with Gasteiger partial charge in [0.1, 0.15) is 11.5 Å². The molecule has 2 rings (SSSR count). The molecular weight excluding hydrogens is 299 g/mol. The highest BCUT2D eigenvalue weighted by Crippen LogP contribution is 2.31. The van der Waals surface area contributed by atoms with Crippen molar-refractivity contribution >= 4 is 29.0 Å². The summed E-state index contributed by atoms with van der Waals surface area (Å²) in [6.45, 7) is 1.87. The molecule has 0 fully saturated rings. The molecule has 6 heteroatoms. The fourth-order valence-corrected chi connectivity index (χ4v) is 2.08. The molecule has 104 valence electrons. The first-order chi connectivity index (χ1) is 9.52. The molecule has 0 aromatic heterocycles. The van der Waals surface area contributed by atoms with Gasteiger partial charge in [-0.25, -0.2) is 0 Å². The maximum Gasteiger partial charge on any atom is 0.175 e. The number of hydrogen-bond donors (Lipinski definition) is 2. The highest BCUT2D eigenvalue weighted by molar-refractivity contribution is 6.34. The summed E-state index contributed by atoms with van der Waals surface area (Å²) in [5, 5.41) is 12.8. The van der Waals surface area contributed by atoms with E-state index in [0.29, 0.717) is 27.1 Å². The molecule has 0 bridgehead atoms. The Bertz CT molecular complexity index is 672. The van der Waals surface area contributed by atoms with Gasteiger partial charge in [0.2, 0.25) is 0 Å². The van der Waals surface area contributed by atoms with Crippen molar-refractivity contribution in [1.29, 1.82) is 0 Å². The van der Waals surface area contributed by atoms with Crippen molar-refractivity contribution in [3.05, 3.63) is 57.6 Å². The van der Waals surface area contributed by atoms with Crippen LogP contribution in [0.25, 0.3) is 0 Å². The van der Waals surface area contributed by atoms with Gasteiger partial charge in [-0.15, -0.1) is 0 Å². The van der Waals surface area contributed by atoms with Crippen LogP contribution in [0.3, 0.4) is 0 Å². The van der Waals surface area contributed by atoms with Crippen LogP contribution in [-0.2, 0) is 0 Å². The fourth-order valence-electron chi connectivity index (χ4n) is 1.70. The molecule has 0 spiro atoms. The van der Waals surface area contributed by atoms with Crippen molar-refractivity contribution < 1.29 is 9.94 Å². The quantitative estimate of drug-likeness (QED) is 0.386. The van der Waals surface area contributed by atoms with Gasteiger partial charge in [-0.2, -0.15) is 0 Å². The molecule has 0 saturated carbocycles. The minimum absolute atomic E-state index is 0.115. The fraction of sp³-hybridized carbons (Fsp3) is 0.0714. The lowest BCUT2D eigenvalue weighted by Gasteiger charge is -2.12. The topological polar surface area (TPSA) is 67.8 Å². The van der Waals surface area contributed by atoms with Crippen LogP contribution in [0.2, 0.25) is 10.0 Å². The monoisotopic (exact) mass is 310 g/mol. The normalized spacial score (nSPS) is 11.4. The molecule has 2 aromatic rings. The van der Waals surface area contributed by atoms with E-state index < -0.39 is 0 Å². The van der Waals surface area contributed by atoms with E-state index in [1.165, 1.54) is 0 Å². The number of oxime groups is 1. The smallest absolute Gasteiger partial charge is 0.175 e. The summed E-state index contributed by atoms with van der Waals surface area (Å²) in [5.41, 5.74) is 6.84. The van der Waals surface area contributed by atoms with Gasteiger partial charge in [0.25, 0.3) is 0 Å². The van der Waals surface area contributed by atoms with Gasteiger partial charge < -0.3 is 15.7 Å². The molecule has 0 aliphatic heterocycles. The highest BCUT2D eigenvalue weighted by Gasteiger charge is 2.13. The molecule has 0 heterocycles. The SMILES string of the molecule is Cc1cc(Oc2cccc(Cl)c2C(N)=NO)ccc1Cl. The van der Waals surface area contributed by atoms with Crippen LogP contribution in [0.15, 0.2) is 41.6 Å². The maximum absolute atomic E-state index is 8.82. The van der Waals surface area contributed by atoms with E-state index in [9.17, 15) is 0 Å². The molecule has 0 radical (unpaired) electrons. The third kappa shape index (κ3) is 2.98. The van der Waals surface area contributed by atoms with Crippen LogP contribution >= 0.6 is 23.2 Å². The zero-order valence-electron chi connectivity index (χ0n) is 10.6. The predicted octanol–water partition coefficient (Wildman–Crippen LogP) is 4.19. The Morgan fingerprint density at radius 2 is 1.95 bits per heavy atom. The lowest BCUT2D eigenvalue weighted by atomic mass is 10.2. The average Bonchev–Trinajstić information content (AvgIpc) is 2.42. The van der Waals surface area contributed by atoms with Crippen LogP contribution in [0.5, 0.6) is 11.5 Å². The molecule has 0 saturated heterocycles. The zero-order valence-corrected chi connectivity index (χ0v) is 12.1. The number of hydrogen-bond acceptors (Lipinski definition) is 3. The number of ether oxygens (including phenoxy) is 1. The molecule has 3 N–H and O–H groups in total. The van der Waals surface area contributed by atoms with E-state index in [1.54, 1.807) is 36.4 Å². The summed E-state index contributed by atoms with van der Waals surface area (Å²) in [6, 6.07) is 10.3. The van der Waals surface area contributed by atoms with Gasteiger partial charge in [-0.05, 0) is 42.8 Å².